The highest BCUT2D eigenvalue weighted by molar-refractivity contribution is 6.36. The normalized spacial score (nSPS) is 16.1. The highest BCUT2D eigenvalue weighted by Crippen LogP contribution is 2.37. The van der Waals surface area contributed by atoms with Gasteiger partial charge in [-0.1, -0.05) is 54.6 Å². The van der Waals surface area contributed by atoms with Gasteiger partial charge in [0.05, 0.1) is 6.61 Å². The first-order chi connectivity index (χ1) is 12.4. The van der Waals surface area contributed by atoms with Crippen molar-refractivity contribution in [2.24, 2.45) is 5.92 Å². The Kier molecular flexibility index (Phi) is 4.52. The van der Waals surface area contributed by atoms with Crippen LogP contribution in [-0.4, -0.2) is 40.6 Å². The van der Waals surface area contributed by atoms with Gasteiger partial charge < -0.3 is 9.84 Å². The van der Waals surface area contributed by atoms with Gasteiger partial charge in [0.25, 0.3) is 0 Å². The fourth-order valence-corrected chi connectivity index (χ4v) is 3.12. The molecular formula is C20H16O6. The van der Waals surface area contributed by atoms with Crippen molar-refractivity contribution in [1.82, 2.24) is 0 Å². The van der Waals surface area contributed by atoms with Crippen LogP contribution in [0.4, 0.5) is 0 Å². The number of aliphatic hydroxyl groups is 1. The van der Waals surface area contributed by atoms with Crippen molar-refractivity contribution in [1.29, 1.82) is 0 Å². The molecule has 6 heteroatoms. The summed E-state index contributed by atoms with van der Waals surface area (Å²) in [6, 6.07) is 13.5. The molecule has 0 saturated carbocycles. The maximum atomic E-state index is 12.9. The second-order valence-electron chi connectivity index (χ2n) is 5.89. The van der Waals surface area contributed by atoms with E-state index in [4.69, 9.17) is 4.74 Å². The minimum absolute atomic E-state index is 0.0184. The topological polar surface area (TPSA) is 97.7 Å². The number of ketones is 3. The van der Waals surface area contributed by atoms with Crippen molar-refractivity contribution < 1.29 is 29.0 Å². The van der Waals surface area contributed by atoms with Gasteiger partial charge in [-0.25, -0.2) is 0 Å². The molecule has 0 saturated heterocycles. The van der Waals surface area contributed by atoms with Gasteiger partial charge in [0, 0.05) is 16.7 Å². The van der Waals surface area contributed by atoms with E-state index < -0.39 is 34.8 Å². The van der Waals surface area contributed by atoms with Gasteiger partial charge >= 0.3 is 5.97 Å². The van der Waals surface area contributed by atoms with Crippen LogP contribution in [0.5, 0.6) is 0 Å². The van der Waals surface area contributed by atoms with E-state index in [0.717, 1.165) is 0 Å². The number of Topliss-reactive ketones (excluding diaryl/α,β-unsaturated/α-hetero) is 3. The smallest absolute Gasteiger partial charge is 0.320 e. The highest BCUT2D eigenvalue weighted by Gasteiger charge is 2.62. The molecule has 0 bridgehead atoms. The summed E-state index contributed by atoms with van der Waals surface area (Å²) in [7, 11) is 0. The largest absolute Gasteiger partial charge is 0.465 e. The summed E-state index contributed by atoms with van der Waals surface area (Å²) >= 11 is 0. The molecule has 0 aliphatic heterocycles. The molecule has 0 unspecified atom stereocenters. The number of carbonyl (C=O) groups excluding carboxylic acids is 4. The Hall–Kier alpha value is -3.12. The molecule has 26 heavy (non-hydrogen) atoms. The number of ether oxygens (including phenoxy) is 1. The molecule has 0 radical (unpaired) electrons. The average Bonchev–Trinajstić information content (AvgIpc) is 2.85. The van der Waals surface area contributed by atoms with Crippen LogP contribution in [0.15, 0.2) is 54.6 Å². The summed E-state index contributed by atoms with van der Waals surface area (Å²) < 4.78 is 4.90. The summed E-state index contributed by atoms with van der Waals surface area (Å²) in [4.78, 5) is 51.0. The lowest BCUT2D eigenvalue weighted by Crippen LogP contribution is -2.55. The zero-order valence-electron chi connectivity index (χ0n) is 14.0. The average molecular weight is 352 g/mol. The van der Waals surface area contributed by atoms with Crippen molar-refractivity contribution in [3.8, 4) is 0 Å². The quantitative estimate of drug-likeness (QED) is 0.501. The molecular weight excluding hydrogens is 336 g/mol. The minimum Gasteiger partial charge on any atom is -0.465 e. The molecule has 1 atom stereocenters. The van der Waals surface area contributed by atoms with E-state index in [2.05, 4.69) is 0 Å². The van der Waals surface area contributed by atoms with Crippen LogP contribution in [0.1, 0.15) is 38.0 Å². The minimum atomic E-state index is -2.82. The first kappa shape index (κ1) is 17.7. The first-order valence-electron chi connectivity index (χ1n) is 8.09. The van der Waals surface area contributed by atoms with Crippen LogP contribution in [0.2, 0.25) is 0 Å². The number of hydrogen-bond donors (Lipinski definition) is 1. The molecule has 0 fully saturated rings. The molecule has 0 aromatic heterocycles. The summed E-state index contributed by atoms with van der Waals surface area (Å²) in [5.41, 5.74) is -2.76. The van der Waals surface area contributed by atoms with Crippen LogP contribution in [-0.2, 0) is 9.53 Å². The Labute approximate surface area is 149 Å². The zero-order chi connectivity index (χ0) is 18.9. The molecule has 1 N–H and O–H groups in total. The number of esters is 1. The third kappa shape index (κ3) is 2.55. The van der Waals surface area contributed by atoms with E-state index in [9.17, 15) is 24.3 Å². The number of fused-ring (bicyclic) bond motifs is 1. The number of hydrogen-bond acceptors (Lipinski definition) is 6. The Morgan fingerprint density at radius 3 is 1.96 bits per heavy atom. The number of carbonyl (C=O) groups is 4. The lowest BCUT2D eigenvalue weighted by atomic mass is 9.78. The van der Waals surface area contributed by atoms with Crippen LogP contribution < -0.4 is 0 Å². The molecule has 1 aliphatic rings. The Morgan fingerprint density at radius 2 is 1.46 bits per heavy atom. The van der Waals surface area contributed by atoms with Gasteiger partial charge in [-0.2, -0.15) is 0 Å². The second kappa shape index (κ2) is 6.65. The van der Waals surface area contributed by atoms with Crippen molar-refractivity contribution in [3.63, 3.8) is 0 Å². The fraction of sp³-hybridized carbons (Fsp3) is 0.200. The third-order valence-corrected chi connectivity index (χ3v) is 4.37. The molecule has 3 rings (SSSR count). The Balaban J connectivity index is 2.14. The Bertz CT molecular complexity index is 865. The first-order valence-corrected chi connectivity index (χ1v) is 8.09. The molecule has 2 aromatic rings. The predicted octanol–water partition coefficient (Wildman–Crippen LogP) is 1.86. The van der Waals surface area contributed by atoms with E-state index in [1.165, 1.54) is 43.3 Å². The Morgan fingerprint density at radius 1 is 0.962 bits per heavy atom. The van der Waals surface area contributed by atoms with Crippen molar-refractivity contribution >= 4 is 23.3 Å². The summed E-state index contributed by atoms with van der Waals surface area (Å²) in [6.07, 6.45) is 0. The molecule has 0 spiro atoms. The predicted molar refractivity (Wildman–Crippen MR) is 90.9 cm³/mol. The van der Waals surface area contributed by atoms with E-state index in [0.29, 0.717) is 0 Å². The second-order valence-corrected chi connectivity index (χ2v) is 5.89. The SMILES string of the molecule is CCOC(=O)[C@H](C(=O)c1ccccc1)C1(O)C(=O)c2ccccc2C1=O. The monoisotopic (exact) mass is 352 g/mol. The van der Waals surface area contributed by atoms with Crippen LogP contribution in [0.25, 0.3) is 0 Å². The van der Waals surface area contributed by atoms with Gasteiger partial charge in [-0.15, -0.1) is 0 Å². The van der Waals surface area contributed by atoms with Gasteiger partial charge in [0.1, 0.15) is 0 Å². The molecule has 0 amide bonds. The van der Waals surface area contributed by atoms with Crippen LogP contribution in [0, 0.1) is 5.92 Å². The molecule has 2 aromatic carbocycles. The fourth-order valence-electron chi connectivity index (χ4n) is 3.12. The van der Waals surface area contributed by atoms with Crippen LogP contribution in [0.3, 0.4) is 0 Å². The third-order valence-electron chi connectivity index (χ3n) is 4.37. The maximum absolute atomic E-state index is 12.9. The lowest BCUT2D eigenvalue weighted by Gasteiger charge is -2.27. The molecule has 1 aliphatic carbocycles. The maximum Gasteiger partial charge on any atom is 0.320 e. The summed E-state index contributed by atoms with van der Waals surface area (Å²) in [5, 5.41) is 11.0. The van der Waals surface area contributed by atoms with Gasteiger partial charge in [-0.3, -0.25) is 19.2 Å². The summed E-state index contributed by atoms with van der Waals surface area (Å²) in [5.74, 6) is -5.88. The summed E-state index contributed by atoms with van der Waals surface area (Å²) in [6.45, 7) is 1.46. The molecule has 6 nitrogen and oxygen atoms in total. The highest BCUT2D eigenvalue weighted by atomic mass is 16.5. The molecule has 132 valence electrons. The number of rotatable bonds is 5. The van der Waals surface area contributed by atoms with E-state index in [1.807, 2.05) is 0 Å². The van der Waals surface area contributed by atoms with Crippen molar-refractivity contribution in [2.75, 3.05) is 6.61 Å². The standard InChI is InChI=1S/C20H16O6/c1-2-26-19(24)15(16(21)12-8-4-3-5-9-12)20(25)17(22)13-10-6-7-11-14(13)18(20)23/h3-11,15,25H,2H2,1H3/t15-/m0/s1. The van der Waals surface area contributed by atoms with Gasteiger partial charge in [0.2, 0.25) is 17.2 Å². The number of benzene rings is 2. The van der Waals surface area contributed by atoms with Crippen LogP contribution >= 0.6 is 0 Å². The van der Waals surface area contributed by atoms with E-state index in [1.54, 1.807) is 18.2 Å². The van der Waals surface area contributed by atoms with E-state index in [-0.39, 0.29) is 23.3 Å². The van der Waals surface area contributed by atoms with E-state index >= 15 is 0 Å². The van der Waals surface area contributed by atoms with Crippen molar-refractivity contribution in [2.45, 2.75) is 12.5 Å². The zero-order valence-corrected chi connectivity index (χ0v) is 14.0. The molecule has 0 heterocycles. The lowest BCUT2D eigenvalue weighted by molar-refractivity contribution is -0.150. The van der Waals surface area contributed by atoms with Gasteiger partial charge in [-0.05, 0) is 6.92 Å². The van der Waals surface area contributed by atoms with Crippen molar-refractivity contribution in [3.05, 3.63) is 71.3 Å². The van der Waals surface area contributed by atoms with Gasteiger partial charge in [0.15, 0.2) is 11.7 Å².